The molecule has 26 heavy (non-hydrogen) atoms. The summed E-state index contributed by atoms with van der Waals surface area (Å²) >= 11 is 0. The molecule has 1 aliphatic carbocycles. The molecule has 2 saturated heterocycles. The molecule has 4 nitrogen and oxygen atoms in total. The number of rotatable bonds is 3. The minimum atomic E-state index is -0.333. The maximum atomic E-state index is 12.9. The highest BCUT2D eigenvalue weighted by molar-refractivity contribution is 5.85. The van der Waals surface area contributed by atoms with Gasteiger partial charge in [0.05, 0.1) is 5.92 Å². The Morgan fingerprint density at radius 3 is 2.50 bits per heavy atom. The molecule has 0 unspecified atom stereocenters. The van der Waals surface area contributed by atoms with Crippen molar-refractivity contribution in [2.45, 2.75) is 76.9 Å². The fourth-order valence-corrected chi connectivity index (χ4v) is 5.15. The number of nitrogens with zero attached hydrogens (tertiary/aromatic N) is 1. The average molecular weight is 354 g/mol. The summed E-state index contributed by atoms with van der Waals surface area (Å²) in [5.41, 5.74) is 0.656. The van der Waals surface area contributed by atoms with Crippen LogP contribution in [0.5, 0.6) is 0 Å². The minimum absolute atomic E-state index is 0.0688. The van der Waals surface area contributed by atoms with Gasteiger partial charge in [-0.1, -0.05) is 51.1 Å². The highest BCUT2D eigenvalue weighted by Crippen LogP contribution is 2.59. The molecule has 2 amide bonds. The van der Waals surface area contributed by atoms with Crippen LogP contribution in [-0.4, -0.2) is 34.3 Å². The molecular weight excluding hydrogens is 324 g/mol. The summed E-state index contributed by atoms with van der Waals surface area (Å²) in [5.74, 6) is 0.682. The van der Waals surface area contributed by atoms with Gasteiger partial charge in [0.25, 0.3) is 0 Å². The van der Waals surface area contributed by atoms with Gasteiger partial charge < -0.3 is 10.2 Å². The van der Waals surface area contributed by atoms with E-state index in [1.807, 2.05) is 58.0 Å². The quantitative estimate of drug-likeness (QED) is 0.903. The second kappa shape index (κ2) is 5.83. The van der Waals surface area contributed by atoms with E-state index in [4.69, 9.17) is 0 Å². The van der Waals surface area contributed by atoms with Crippen LogP contribution in [0, 0.1) is 11.3 Å². The van der Waals surface area contributed by atoms with Gasteiger partial charge in [-0.3, -0.25) is 9.59 Å². The third-order valence-electron chi connectivity index (χ3n) is 6.69. The van der Waals surface area contributed by atoms with E-state index < -0.39 is 0 Å². The molecule has 0 spiro atoms. The zero-order chi connectivity index (χ0) is 18.7. The Kier molecular flexibility index (Phi) is 3.94. The molecule has 2 aliphatic heterocycles. The van der Waals surface area contributed by atoms with Gasteiger partial charge in [-0.25, -0.2) is 0 Å². The molecule has 1 aromatic carbocycles. The number of hydrogen-bond donors (Lipinski definition) is 1. The summed E-state index contributed by atoms with van der Waals surface area (Å²) in [6, 6.07) is 10.6. The number of benzene rings is 1. The second-order valence-corrected chi connectivity index (χ2v) is 9.55. The summed E-state index contributed by atoms with van der Waals surface area (Å²) in [7, 11) is 0. The van der Waals surface area contributed by atoms with Gasteiger partial charge in [-0.05, 0) is 38.2 Å². The molecule has 2 heterocycles. The Hall–Kier alpha value is -1.84. The minimum Gasteiger partial charge on any atom is -0.350 e. The summed E-state index contributed by atoms with van der Waals surface area (Å²) in [5, 5.41) is 3.39. The van der Waals surface area contributed by atoms with E-state index in [2.05, 4.69) is 10.2 Å². The third-order valence-corrected chi connectivity index (χ3v) is 6.69. The number of fused-ring (bicyclic) bond motifs is 4. The van der Waals surface area contributed by atoms with Gasteiger partial charge in [0, 0.05) is 29.0 Å². The van der Waals surface area contributed by atoms with Gasteiger partial charge in [0.15, 0.2) is 0 Å². The SMILES string of the molecule is C[C@@H](C(=O)N[C@@]12C[C@H]3CC[C@@H]([C@@H]1C2)N3C(=O)C(C)(C)C)c1ccccc1. The van der Waals surface area contributed by atoms with Gasteiger partial charge in [-0.15, -0.1) is 0 Å². The van der Waals surface area contributed by atoms with Crippen molar-refractivity contribution in [2.75, 3.05) is 0 Å². The van der Waals surface area contributed by atoms with E-state index in [0.29, 0.717) is 12.0 Å². The van der Waals surface area contributed by atoms with E-state index in [-0.39, 0.29) is 34.7 Å². The van der Waals surface area contributed by atoms with Crippen LogP contribution in [0.2, 0.25) is 0 Å². The highest BCUT2D eigenvalue weighted by Gasteiger charge is 2.67. The van der Waals surface area contributed by atoms with Gasteiger partial charge in [0.2, 0.25) is 11.8 Å². The third kappa shape index (κ3) is 2.74. The van der Waals surface area contributed by atoms with Crippen LogP contribution in [-0.2, 0) is 9.59 Å². The van der Waals surface area contributed by atoms with Crippen LogP contribution in [0.4, 0.5) is 0 Å². The van der Waals surface area contributed by atoms with Crippen LogP contribution < -0.4 is 5.32 Å². The lowest BCUT2D eigenvalue weighted by Gasteiger charge is -2.42. The van der Waals surface area contributed by atoms with E-state index in [0.717, 1.165) is 31.2 Å². The Morgan fingerprint density at radius 1 is 1.15 bits per heavy atom. The smallest absolute Gasteiger partial charge is 0.228 e. The maximum Gasteiger partial charge on any atom is 0.228 e. The standard InChI is InChI=1S/C22H30N2O2/c1-14(15-8-6-5-7-9-15)19(25)23-22-12-16-10-11-18(17(22)13-22)24(16)20(26)21(2,3)4/h5-9,14,16-18H,10-13H2,1-4H3,(H,23,25)/t14-,16-,17+,18+,22-/m1/s1. The summed E-state index contributed by atoms with van der Waals surface area (Å²) in [4.78, 5) is 27.9. The van der Waals surface area contributed by atoms with Crippen molar-refractivity contribution in [1.82, 2.24) is 10.2 Å². The number of nitrogens with one attached hydrogen (secondary N) is 1. The number of carbonyl (C=O) groups excluding carboxylic acids is 2. The molecule has 0 aromatic heterocycles. The van der Waals surface area contributed by atoms with Gasteiger partial charge in [0.1, 0.15) is 0 Å². The highest BCUT2D eigenvalue weighted by atomic mass is 16.2. The summed E-state index contributed by atoms with van der Waals surface area (Å²) in [6.45, 7) is 8.00. The van der Waals surface area contributed by atoms with Crippen LogP contribution in [0.15, 0.2) is 30.3 Å². The van der Waals surface area contributed by atoms with Crippen molar-refractivity contribution in [3.05, 3.63) is 35.9 Å². The first-order valence-corrected chi connectivity index (χ1v) is 9.93. The Labute approximate surface area is 156 Å². The van der Waals surface area contributed by atoms with E-state index in [9.17, 15) is 9.59 Å². The fourth-order valence-electron chi connectivity index (χ4n) is 5.15. The molecule has 1 aromatic rings. The zero-order valence-corrected chi connectivity index (χ0v) is 16.3. The molecule has 140 valence electrons. The molecule has 4 rings (SSSR count). The van der Waals surface area contributed by atoms with Crippen molar-refractivity contribution < 1.29 is 9.59 Å². The monoisotopic (exact) mass is 354 g/mol. The molecule has 3 aliphatic rings. The first-order valence-electron chi connectivity index (χ1n) is 9.93. The zero-order valence-electron chi connectivity index (χ0n) is 16.3. The van der Waals surface area contributed by atoms with Crippen molar-refractivity contribution in [3.63, 3.8) is 0 Å². The number of amides is 2. The van der Waals surface area contributed by atoms with Crippen molar-refractivity contribution in [3.8, 4) is 0 Å². The summed E-state index contributed by atoms with van der Waals surface area (Å²) in [6.07, 6.45) is 4.11. The molecule has 0 radical (unpaired) electrons. The second-order valence-electron chi connectivity index (χ2n) is 9.55. The first kappa shape index (κ1) is 17.6. The molecule has 5 atom stereocenters. The predicted octanol–water partition coefficient (Wildman–Crippen LogP) is 3.47. The Morgan fingerprint density at radius 2 is 1.85 bits per heavy atom. The van der Waals surface area contributed by atoms with Crippen molar-refractivity contribution >= 4 is 11.8 Å². The molecule has 1 saturated carbocycles. The van der Waals surface area contributed by atoms with Crippen molar-refractivity contribution in [1.29, 1.82) is 0 Å². The lowest BCUT2D eigenvalue weighted by atomic mass is 9.89. The molecule has 1 N–H and O–H groups in total. The number of hydrogen-bond acceptors (Lipinski definition) is 2. The van der Waals surface area contributed by atoms with Gasteiger partial charge in [-0.2, -0.15) is 0 Å². The van der Waals surface area contributed by atoms with Crippen LogP contribution in [0.25, 0.3) is 0 Å². The van der Waals surface area contributed by atoms with E-state index in [1.165, 1.54) is 0 Å². The summed E-state index contributed by atoms with van der Waals surface area (Å²) < 4.78 is 0. The molecular formula is C22H30N2O2. The topological polar surface area (TPSA) is 49.4 Å². The van der Waals surface area contributed by atoms with Crippen LogP contribution in [0.1, 0.15) is 64.9 Å². The maximum absolute atomic E-state index is 12.9. The number of carbonyl (C=O) groups is 2. The fraction of sp³-hybridized carbons (Fsp3) is 0.636. The largest absolute Gasteiger partial charge is 0.350 e. The molecule has 2 bridgehead atoms. The molecule has 4 heteroatoms. The lowest BCUT2D eigenvalue weighted by molar-refractivity contribution is -0.144. The predicted molar refractivity (Wildman–Crippen MR) is 102 cm³/mol. The Bertz CT molecular complexity index is 723. The molecule has 3 fully saturated rings. The van der Waals surface area contributed by atoms with Crippen LogP contribution >= 0.6 is 0 Å². The van der Waals surface area contributed by atoms with Crippen molar-refractivity contribution in [2.24, 2.45) is 11.3 Å². The normalized spacial score (nSPS) is 33.4. The van der Waals surface area contributed by atoms with E-state index >= 15 is 0 Å². The van der Waals surface area contributed by atoms with E-state index in [1.54, 1.807) is 0 Å². The average Bonchev–Trinajstić information content (AvgIpc) is 3.20. The van der Waals surface area contributed by atoms with Gasteiger partial charge >= 0.3 is 0 Å². The first-order chi connectivity index (χ1) is 12.2. The lowest BCUT2D eigenvalue weighted by Crippen LogP contribution is -2.56. The Balaban J connectivity index is 1.47. The van der Waals surface area contributed by atoms with Crippen LogP contribution in [0.3, 0.4) is 0 Å². The number of piperidine rings is 1.